The van der Waals surface area contributed by atoms with Crippen LogP contribution in [0.1, 0.15) is 23.7 Å². The van der Waals surface area contributed by atoms with E-state index in [-0.39, 0.29) is 29.4 Å². The number of phenols is 1. The van der Waals surface area contributed by atoms with Crippen molar-refractivity contribution in [3.8, 4) is 5.75 Å². The summed E-state index contributed by atoms with van der Waals surface area (Å²) in [6.45, 7) is 1.77. The van der Waals surface area contributed by atoms with Crippen molar-refractivity contribution >= 4 is 30.0 Å². The number of nitrogens with one attached hydrogen (secondary N) is 1. The van der Waals surface area contributed by atoms with E-state index >= 15 is 0 Å². The van der Waals surface area contributed by atoms with Crippen molar-refractivity contribution in [2.75, 3.05) is 5.32 Å². The van der Waals surface area contributed by atoms with E-state index < -0.39 is 17.9 Å². The Labute approximate surface area is 110 Å². The molecule has 0 saturated carbocycles. The van der Waals surface area contributed by atoms with Crippen molar-refractivity contribution in [3.05, 3.63) is 23.8 Å². The Morgan fingerprint density at radius 2 is 2.06 bits per heavy atom. The van der Waals surface area contributed by atoms with Gasteiger partial charge in [0.1, 0.15) is 11.3 Å². The fourth-order valence-corrected chi connectivity index (χ4v) is 1.21. The molecule has 0 aliphatic rings. The molecular formula is C11H15ClN2O4. The summed E-state index contributed by atoms with van der Waals surface area (Å²) in [7, 11) is 0. The summed E-state index contributed by atoms with van der Waals surface area (Å²) in [6.07, 6.45) is 0.482. The van der Waals surface area contributed by atoms with Crippen LogP contribution in [-0.2, 0) is 4.79 Å². The maximum absolute atomic E-state index is 11.5. The number of aromatic carboxylic acids is 1. The number of carboxylic acids is 1. The predicted molar refractivity (Wildman–Crippen MR) is 69.2 cm³/mol. The second kappa shape index (κ2) is 6.83. The number of benzene rings is 1. The normalized spacial score (nSPS) is 11.2. The van der Waals surface area contributed by atoms with Gasteiger partial charge in [-0.05, 0) is 24.6 Å². The van der Waals surface area contributed by atoms with Gasteiger partial charge in [0.05, 0.1) is 6.04 Å². The number of carbonyl (C=O) groups is 2. The molecule has 1 unspecified atom stereocenters. The molecule has 0 aliphatic carbocycles. The number of hydrogen-bond donors (Lipinski definition) is 4. The number of carboxylic acid groups (broad SMARTS) is 1. The summed E-state index contributed by atoms with van der Waals surface area (Å²) in [5.41, 5.74) is 5.53. The fourth-order valence-electron chi connectivity index (χ4n) is 1.21. The van der Waals surface area contributed by atoms with Crippen LogP contribution in [0.15, 0.2) is 18.2 Å². The Morgan fingerprint density at radius 3 is 2.56 bits per heavy atom. The van der Waals surface area contributed by atoms with Crippen molar-refractivity contribution in [1.29, 1.82) is 0 Å². The zero-order valence-electron chi connectivity index (χ0n) is 9.71. The van der Waals surface area contributed by atoms with E-state index in [0.717, 1.165) is 0 Å². The minimum absolute atomic E-state index is 0. The van der Waals surface area contributed by atoms with Crippen LogP contribution >= 0.6 is 12.4 Å². The first-order chi connectivity index (χ1) is 7.95. The number of aromatic hydroxyl groups is 1. The highest BCUT2D eigenvalue weighted by Gasteiger charge is 2.14. The third kappa shape index (κ3) is 3.90. The molecule has 0 aromatic heterocycles. The van der Waals surface area contributed by atoms with Crippen LogP contribution in [0.2, 0.25) is 0 Å². The zero-order chi connectivity index (χ0) is 13.0. The standard InChI is InChI=1S/C11H14N2O4.ClH/c1-2-8(12)10(15)13-6-3-4-9(14)7(5-6)11(16)17;/h3-5,8,14H,2,12H2,1H3,(H,13,15)(H,16,17);1H. The van der Waals surface area contributed by atoms with Gasteiger partial charge < -0.3 is 21.3 Å². The molecule has 0 spiro atoms. The molecule has 100 valence electrons. The maximum Gasteiger partial charge on any atom is 0.339 e. The van der Waals surface area contributed by atoms with Gasteiger partial charge >= 0.3 is 5.97 Å². The Kier molecular flexibility index (Phi) is 6.15. The van der Waals surface area contributed by atoms with E-state index in [0.29, 0.717) is 6.42 Å². The van der Waals surface area contributed by atoms with Crippen LogP contribution in [-0.4, -0.2) is 28.1 Å². The zero-order valence-corrected chi connectivity index (χ0v) is 10.5. The van der Waals surface area contributed by atoms with E-state index in [1.54, 1.807) is 6.92 Å². The van der Waals surface area contributed by atoms with Gasteiger partial charge in [0.15, 0.2) is 0 Å². The fraction of sp³-hybridized carbons (Fsp3) is 0.273. The maximum atomic E-state index is 11.5. The van der Waals surface area contributed by atoms with Gasteiger partial charge in [-0.25, -0.2) is 4.79 Å². The molecule has 0 heterocycles. The lowest BCUT2D eigenvalue weighted by atomic mass is 10.1. The molecule has 1 rings (SSSR count). The topological polar surface area (TPSA) is 113 Å². The average molecular weight is 275 g/mol. The molecule has 0 fully saturated rings. The van der Waals surface area contributed by atoms with Crippen LogP contribution in [0.5, 0.6) is 5.75 Å². The van der Waals surface area contributed by atoms with Crippen LogP contribution < -0.4 is 11.1 Å². The van der Waals surface area contributed by atoms with Gasteiger partial charge in [-0.2, -0.15) is 0 Å². The molecule has 5 N–H and O–H groups in total. The summed E-state index contributed by atoms with van der Waals surface area (Å²) < 4.78 is 0. The predicted octanol–water partition coefficient (Wildman–Crippen LogP) is 1.19. The summed E-state index contributed by atoms with van der Waals surface area (Å²) in [6, 6.07) is 3.15. The van der Waals surface area contributed by atoms with Gasteiger partial charge in [-0.1, -0.05) is 6.92 Å². The Balaban J connectivity index is 0.00000289. The largest absolute Gasteiger partial charge is 0.507 e. The van der Waals surface area contributed by atoms with Gasteiger partial charge in [-0.3, -0.25) is 4.79 Å². The summed E-state index contributed by atoms with van der Waals surface area (Å²) in [4.78, 5) is 22.2. The molecule has 0 aliphatic heterocycles. The minimum atomic E-state index is -1.27. The highest BCUT2D eigenvalue weighted by molar-refractivity contribution is 5.97. The van der Waals surface area contributed by atoms with E-state index in [9.17, 15) is 14.7 Å². The Bertz CT molecular complexity index is 451. The molecule has 0 bridgehead atoms. The SMILES string of the molecule is CCC(N)C(=O)Nc1ccc(O)c(C(=O)O)c1.Cl. The lowest BCUT2D eigenvalue weighted by molar-refractivity contribution is -0.117. The highest BCUT2D eigenvalue weighted by atomic mass is 35.5. The second-order valence-electron chi connectivity index (χ2n) is 3.54. The molecule has 1 aromatic rings. The molecule has 1 amide bonds. The third-order valence-corrected chi connectivity index (χ3v) is 2.27. The summed E-state index contributed by atoms with van der Waals surface area (Å²) in [5, 5.41) is 20.5. The average Bonchev–Trinajstić information content (AvgIpc) is 2.30. The summed E-state index contributed by atoms with van der Waals surface area (Å²) in [5.74, 6) is -2.01. The Hall–Kier alpha value is -1.79. The van der Waals surface area contributed by atoms with Crippen molar-refractivity contribution in [2.45, 2.75) is 19.4 Å². The minimum Gasteiger partial charge on any atom is -0.507 e. The lowest BCUT2D eigenvalue weighted by Crippen LogP contribution is -2.34. The molecule has 6 nitrogen and oxygen atoms in total. The van der Waals surface area contributed by atoms with Crippen molar-refractivity contribution in [3.63, 3.8) is 0 Å². The molecule has 7 heteroatoms. The number of amides is 1. The molecule has 1 aromatic carbocycles. The Morgan fingerprint density at radius 1 is 1.44 bits per heavy atom. The van der Waals surface area contributed by atoms with E-state index in [4.69, 9.17) is 10.8 Å². The molecular weight excluding hydrogens is 260 g/mol. The highest BCUT2D eigenvalue weighted by Crippen LogP contribution is 2.21. The first kappa shape index (κ1) is 16.2. The van der Waals surface area contributed by atoms with E-state index in [1.165, 1.54) is 18.2 Å². The van der Waals surface area contributed by atoms with Gasteiger partial charge in [0.25, 0.3) is 0 Å². The van der Waals surface area contributed by atoms with Crippen molar-refractivity contribution < 1.29 is 19.8 Å². The van der Waals surface area contributed by atoms with Gasteiger partial charge in [-0.15, -0.1) is 12.4 Å². The number of anilines is 1. The second-order valence-corrected chi connectivity index (χ2v) is 3.54. The van der Waals surface area contributed by atoms with Crippen LogP contribution in [0.25, 0.3) is 0 Å². The third-order valence-electron chi connectivity index (χ3n) is 2.27. The van der Waals surface area contributed by atoms with Crippen LogP contribution in [0, 0.1) is 0 Å². The number of halogens is 1. The number of rotatable bonds is 4. The summed E-state index contributed by atoms with van der Waals surface area (Å²) >= 11 is 0. The monoisotopic (exact) mass is 274 g/mol. The molecule has 0 radical (unpaired) electrons. The first-order valence-corrected chi connectivity index (χ1v) is 5.08. The van der Waals surface area contributed by atoms with Gasteiger partial charge in [0, 0.05) is 5.69 Å². The quantitative estimate of drug-likeness (QED) is 0.616. The van der Waals surface area contributed by atoms with E-state index in [2.05, 4.69) is 5.32 Å². The van der Waals surface area contributed by atoms with Gasteiger partial charge in [0.2, 0.25) is 5.91 Å². The first-order valence-electron chi connectivity index (χ1n) is 5.08. The van der Waals surface area contributed by atoms with Crippen LogP contribution in [0.3, 0.4) is 0 Å². The van der Waals surface area contributed by atoms with E-state index in [1.807, 2.05) is 0 Å². The lowest BCUT2D eigenvalue weighted by Gasteiger charge is -2.10. The van der Waals surface area contributed by atoms with Crippen molar-refractivity contribution in [1.82, 2.24) is 0 Å². The number of nitrogens with two attached hydrogens (primary N) is 1. The number of carbonyl (C=O) groups excluding carboxylic acids is 1. The van der Waals surface area contributed by atoms with Crippen molar-refractivity contribution in [2.24, 2.45) is 5.73 Å². The smallest absolute Gasteiger partial charge is 0.339 e. The number of hydrogen-bond acceptors (Lipinski definition) is 4. The molecule has 0 saturated heterocycles. The van der Waals surface area contributed by atoms with Crippen LogP contribution in [0.4, 0.5) is 5.69 Å². The molecule has 1 atom stereocenters. The molecule has 18 heavy (non-hydrogen) atoms.